The van der Waals surface area contributed by atoms with Crippen molar-refractivity contribution in [3.63, 3.8) is 0 Å². The highest BCUT2D eigenvalue weighted by atomic mass is 16.5. The lowest BCUT2D eigenvalue weighted by Gasteiger charge is -2.28. The van der Waals surface area contributed by atoms with Gasteiger partial charge in [-0.15, -0.1) is 0 Å². The normalized spacial score (nSPS) is 16.4. The van der Waals surface area contributed by atoms with Crippen molar-refractivity contribution in [2.45, 2.75) is 51.9 Å². The smallest absolute Gasteiger partial charge is 0.123 e. The molecule has 148 valence electrons. The molecule has 1 fully saturated rings. The van der Waals surface area contributed by atoms with Crippen LogP contribution in [0.4, 0.5) is 0 Å². The lowest BCUT2D eigenvalue weighted by molar-refractivity contribution is 0.0614. The fourth-order valence-corrected chi connectivity index (χ4v) is 3.57. The zero-order valence-corrected chi connectivity index (χ0v) is 16.3. The van der Waals surface area contributed by atoms with E-state index in [1.165, 1.54) is 19.3 Å². The number of rotatable bonds is 10. The van der Waals surface area contributed by atoms with E-state index in [4.69, 9.17) is 4.74 Å². The Kier molecular flexibility index (Phi) is 7.68. The van der Waals surface area contributed by atoms with E-state index in [0.29, 0.717) is 26.2 Å². The van der Waals surface area contributed by atoms with Crippen LogP contribution in [-0.2, 0) is 19.6 Å². The molecule has 1 saturated heterocycles. The van der Waals surface area contributed by atoms with Crippen LogP contribution in [0.15, 0.2) is 36.7 Å². The summed E-state index contributed by atoms with van der Waals surface area (Å²) < 4.78 is 8.07. The third-order valence-electron chi connectivity index (χ3n) is 5.06. The first kappa shape index (κ1) is 19.9. The third-order valence-corrected chi connectivity index (χ3v) is 5.06. The maximum absolute atomic E-state index is 10.3. The van der Waals surface area contributed by atoms with E-state index in [9.17, 15) is 5.11 Å². The van der Waals surface area contributed by atoms with Crippen molar-refractivity contribution < 1.29 is 9.84 Å². The quantitative estimate of drug-likeness (QED) is 0.671. The molecule has 6 nitrogen and oxygen atoms in total. The number of benzene rings is 1. The highest BCUT2D eigenvalue weighted by molar-refractivity contribution is 5.33. The number of ether oxygens (including phenoxy) is 1. The van der Waals surface area contributed by atoms with Crippen molar-refractivity contribution in [2.24, 2.45) is 0 Å². The van der Waals surface area contributed by atoms with Gasteiger partial charge in [-0.1, -0.05) is 24.6 Å². The average Bonchev–Trinajstić information content (AvgIpc) is 3.15. The monoisotopic (exact) mass is 372 g/mol. The first-order valence-electron chi connectivity index (χ1n) is 10.1. The molecule has 2 heterocycles. The van der Waals surface area contributed by atoms with E-state index in [-0.39, 0.29) is 0 Å². The number of nitrogens with one attached hydrogen (secondary N) is 1. The maximum atomic E-state index is 10.3. The molecule has 1 aromatic heterocycles. The maximum Gasteiger partial charge on any atom is 0.123 e. The first-order chi connectivity index (χ1) is 13.3. The van der Waals surface area contributed by atoms with Crippen molar-refractivity contribution in [1.82, 2.24) is 19.8 Å². The summed E-state index contributed by atoms with van der Waals surface area (Å²) in [6.07, 6.45) is 7.15. The van der Waals surface area contributed by atoms with Crippen molar-refractivity contribution in [2.75, 3.05) is 26.2 Å². The van der Waals surface area contributed by atoms with Gasteiger partial charge in [0, 0.05) is 37.6 Å². The number of aliphatic hydroxyl groups is 1. The van der Waals surface area contributed by atoms with Crippen molar-refractivity contribution >= 4 is 0 Å². The number of hydrogen-bond acceptors (Lipinski definition) is 5. The molecule has 2 N–H and O–H groups in total. The Morgan fingerprint density at radius 2 is 2.00 bits per heavy atom. The zero-order chi connectivity index (χ0) is 18.9. The number of aromatic nitrogens is 2. The topological polar surface area (TPSA) is 62.6 Å². The molecule has 2 aromatic rings. The minimum atomic E-state index is -0.457. The molecule has 27 heavy (non-hydrogen) atoms. The summed E-state index contributed by atoms with van der Waals surface area (Å²) in [6.45, 7) is 7.65. The van der Waals surface area contributed by atoms with Crippen LogP contribution in [0.3, 0.4) is 0 Å². The summed E-state index contributed by atoms with van der Waals surface area (Å²) in [5, 5.41) is 13.8. The van der Waals surface area contributed by atoms with Crippen LogP contribution >= 0.6 is 0 Å². The standard InChI is InChI=1S/C21H32N4O2/c1-2-25-13-10-23-21(25)15-22-14-18-8-4-5-9-20(18)27-17-19(26)16-24-11-6-3-7-12-24/h4-5,8-10,13,19,22,26H,2-3,6-7,11-12,14-17H2,1H3/t19-/m0/s1. The molecule has 0 bridgehead atoms. The Hall–Kier alpha value is -1.89. The van der Waals surface area contributed by atoms with Crippen LogP contribution in [0.1, 0.15) is 37.6 Å². The van der Waals surface area contributed by atoms with E-state index >= 15 is 0 Å². The number of piperidine rings is 1. The molecular formula is C21H32N4O2. The number of aliphatic hydroxyl groups excluding tert-OH is 1. The molecule has 0 spiro atoms. The van der Waals surface area contributed by atoms with E-state index < -0.39 is 6.10 Å². The second-order valence-electron chi connectivity index (χ2n) is 7.17. The molecule has 0 saturated carbocycles. The Bertz CT molecular complexity index is 682. The molecule has 0 radical (unpaired) electrons. The van der Waals surface area contributed by atoms with Gasteiger partial charge in [0.25, 0.3) is 0 Å². The number of hydrogen-bond donors (Lipinski definition) is 2. The predicted octanol–water partition coefficient (Wildman–Crippen LogP) is 2.42. The Balaban J connectivity index is 1.46. The molecular weight excluding hydrogens is 340 g/mol. The van der Waals surface area contributed by atoms with Gasteiger partial charge in [-0.3, -0.25) is 0 Å². The number of likely N-dealkylation sites (tertiary alicyclic amines) is 1. The van der Waals surface area contributed by atoms with Crippen LogP contribution in [-0.4, -0.2) is 51.9 Å². The summed E-state index contributed by atoms with van der Waals surface area (Å²) in [4.78, 5) is 6.72. The fourth-order valence-electron chi connectivity index (χ4n) is 3.57. The lowest BCUT2D eigenvalue weighted by atomic mass is 10.1. The van der Waals surface area contributed by atoms with Crippen molar-refractivity contribution in [3.05, 3.63) is 48.0 Å². The van der Waals surface area contributed by atoms with Crippen LogP contribution < -0.4 is 10.1 Å². The minimum Gasteiger partial charge on any atom is -0.491 e. The Labute approximate surface area is 162 Å². The highest BCUT2D eigenvalue weighted by Gasteiger charge is 2.15. The molecule has 0 aliphatic carbocycles. The summed E-state index contributed by atoms with van der Waals surface area (Å²) in [6, 6.07) is 8.02. The Morgan fingerprint density at radius 3 is 2.81 bits per heavy atom. The number of nitrogens with zero attached hydrogens (tertiary/aromatic N) is 3. The molecule has 0 amide bonds. The third kappa shape index (κ3) is 6.06. The highest BCUT2D eigenvalue weighted by Crippen LogP contribution is 2.18. The van der Waals surface area contributed by atoms with Crippen molar-refractivity contribution in [1.29, 1.82) is 0 Å². The largest absolute Gasteiger partial charge is 0.491 e. The van der Waals surface area contributed by atoms with Gasteiger partial charge in [0.1, 0.15) is 24.3 Å². The summed E-state index contributed by atoms with van der Waals surface area (Å²) >= 11 is 0. The molecule has 6 heteroatoms. The van der Waals surface area contributed by atoms with E-state index in [1.807, 2.05) is 30.6 Å². The molecule has 3 rings (SSSR count). The first-order valence-corrected chi connectivity index (χ1v) is 10.1. The fraction of sp³-hybridized carbons (Fsp3) is 0.571. The van der Waals surface area contributed by atoms with Crippen LogP contribution in [0.25, 0.3) is 0 Å². The van der Waals surface area contributed by atoms with Crippen molar-refractivity contribution in [3.8, 4) is 5.75 Å². The van der Waals surface area contributed by atoms with Gasteiger partial charge in [0.15, 0.2) is 0 Å². The van der Waals surface area contributed by atoms with Gasteiger partial charge in [-0.25, -0.2) is 4.98 Å². The number of imidazole rings is 1. The predicted molar refractivity (Wildman–Crippen MR) is 107 cm³/mol. The van der Waals surface area contributed by atoms with Gasteiger partial charge in [-0.05, 0) is 38.9 Å². The summed E-state index contributed by atoms with van der Waals surface area (Å²) in [5.74, 6) is 1.87. The second kappa shape index (κ2) is 10.4. The second-order valence-corrected chi connectivity index (χ2v) is 7.17. The molecule has 1 atom stereocenters. The molecule has 1 aromatic carbocycles. The minimum absolute atomic E-state index is 0.327. The zero-order valence-electron chi connectivity index (χ0n) is 16.3. The van der Waals surface area contributed by atoms with Gasteiger partial charge in [-0.2, -0.15) is 0 Å². The number of β-amino-alcohol motifs (C(OH)–C–C–N with tert-alkyl or cyclic N) is 1. The van der Waals surface area contributed by atoms with E-state index in [1.54, 1.807) is 0 Å². The molecule has 0 unspecified atom stereocenters. The van der Waals surface area contributed by atoms with Gasteiger partial charge in [0.2, 0.25) is 0 Å². The number of aryl methyl sites for hydroxylation is 1. The van der Waals surface area contributed by atoms with Crippen LogP contribution in [0, 0.1) is 0 Å². The Morgan fingerprint density at radius 1 is 1.19 bits per heavy atom. The van der Waals surface area contributed by atoms with Crippen LogP contribution in [0.5, 0.6) is 5.75 Å². The summed E-state index contributed by atoms with van der Waals surface area (Å²) in [5.41, 5.74) is 1.09. The van der Waals surface area contributed by atoms with Gasteiger partial charge < -0.3 is 24.6 Å². The molecule has 1 aliphatic heterocycles. The summed E-state index contributed by atoms with van der Waals surface area (Å²) in [7, 11) is 0. The SMILES string of the molecule is CCn1ccnc1CNCc1ccccc1OC[C@@H](O)CN1CCCCC1. The van der Waals surface area contributed by atoms with Gasteiger partial charge in [0.05, 0.1) is 6.54 Å². The lowest BCUT2D eigenvalue weighted by Crippen LogP contribution is -2.38. The van der Waals surface area contributed by atoms with E-state index in [2.05, 4.69) is 32.8 Å². The van der Waals surface area contributed by atoms with Gasteiger partial charge >= 0.3 is 0 Å². The molecule has 1 aliphatic rings. The average molecular weight is 373 g/mol. The number of para-hydroxylation sites is 1. The van der Waals surface area contributed by atoms with Crippen LogP contribution in [0.2, 0.25) is 0 Å². The van der Waals surface area contributed by atoms with E-state index in [0.717, 1.165) is 36.8 Å².